The van der Waals surface area contributed by atoms with Gasteiger partial charge in [-0.15, -0.1) is 0 Å². The molecule has 0 spiro atoms. The van der Waals surface area contributed by atoms with Crippen molar-refractivity contribution in [3.8, 4) is 0 Å². The maximum atomic E-state index is 12.0. The molecule has 2 heterocycles. The minimum atomic E-state index is -3.81. The van der Waals surface area contributed by atoms with Crippen LogP contribution < -0.4 is 4.72 Å². The summed E-state index contributed by atoms with van der Waals surface area (Å²) in [7, 11) is -6.84. The van der Waals surface area contributed by atoms with Gasteiger partial charge in [-0.3, -0.25) is 0 Å². The number of hydrogen-bond acceptors (Lipinski definition) is 6. The Morgan fingerprint density at radius 1 is 1.32 bits per heavy atom. The molecule has 0 aromatic carbocycles. The smallest absolute Gasteiger partial charge is 0.274 e. The lowest BCUT2D eigenvalue weighted by Crippen LogP contribution is -2.40. The van der Waals surface area contributed by atoms with Crippen LogP contribution in [0.25, 0.3) is 0 Å². The third-order valence-electron chi connectivity index (χ3n) is 2.93. The molecule has 1 aromatic heterocycles. The summed E-state index contributed by atoms with van der Waals surface area (Å²) in [5.74, 6) is 0.132. The van der Waals surface area contributed by atoms with Crippen LogP contribution in [-0.4, -0.2) is 39.5 Å². The molecule has 0 radical (unpaired) electrons. The van der Waals surface area contributed by atoms with Gasteiger partial charge in [0.15, 0.2) is 0 Å². The van der Waals surface area contributed by atoms with Crippen LogP contribution in [0.15, 0.2) is 21.6 Å². The first-order valence-corrected chi connectivity index (χ1v) is 9.05. The maximum Gasteiger partial charge on any atom is 0.274 e. The van der Waals surface area contributed by atoms with Crippen LogP contribution in [0.4, 0.5) is 0 Å². The highest BCUT2D eigenvalue weighted by Gasteiger charge is 2.28. The lowest BCUT2D eigenvalue weighted by atomic mass is 10.2. The van der Waals surface area contributed by atoms with Crippen LogP contribution in [0.5, 0.6) is 0 Å². The van der Waals surface area contributed by atoms with Gasteiger partial charge in [0, 0.05) is 6.04 Å². The number of sulfonamides is 1. The normalized spacial score (nSPS) is 20.5. The van der Waals surface area contributed by atoms with Crippen molar-refractivity contribution in [2.75, 3.05) is 11.5 Å². The zero-order valence-electron chi connectivity index (χ0n) is 10.1. The van der Waals surface area contributed by atoms with Gasteiger partial charge < -0.3 is 9.52 Å². The lowest BCUT2D eigenvalue weighted by molar-refractivity contribution is 0.236. The van der Waals surface area contributed by atoms with Gasteiger partial charge in [0.1, 0.15) is 22.2 Å². The second-order valence-electron chi connectivity index (χ2n) is 4.43. The molecular formula is C10H15NO6S2. The van der Waals surface area contributed by atoms with Crippen molar-refractivity contribution >= 4 is 19.9 Å². The molecule has 0 unspecified atom stereocenters. The average Bonchev–Trinajstić information content (AvgIpc) is 2.81. The van der Waals surface area contributed by atoms with Crippen molar-refractivity contribution < 1.29 is 26.4 Å². The largest absolute Gasteiger partial charge is 0.446 e. The van der Waals surface area contributed by atoms with E-state index in [1.54, 1.807) is 0 Å². The van der Waals surface area contributed by atoms with Crippen LogP contribution in [0.2, 0.25) is 0 Å². The number of furan rings is 1. The quantitative estimate of drug-likeness (QED) is 0.784. The second-order valence-corrected chi connectivity index (χ2v) is 8.37. The van der Waals surface area contributed by atoms with Crippen molar-refractivity contribution in [2.24, 2.45) is 0 Å². The first-order valence-electron chi connectivity index (χ1n) is 5.75. The van der Waals surface area contributed by atoms with Crippen LogP contribution >= 0.6 is 0 Å². The maximum absolute atomic E-state index is 12.0. The summed E-state index contributed by atoms with van der Waals surface area (Å²) in [6.45, 7) is -0.378. The molecule has 1 aromatic rings. The van der Waals surface area contributed by atoms with E-state index in [1.807, 2.05) is 0 Å². The van der Waals surface area contributed by atoms with Gasteiger partial charge in [0.2, 0.25) is 5.09 Å². The molecule has 0 saturated carbocycles. The van der Waals surface area contributed by atoms with Crippen molar-refractivity contribution in [3.05, 3.63) is 17.9 Å². The number of rotatable bonds is 4. The number of nitrogens with one attached hydrogen (secondary N) is 1. The minimum Gasteiger partial charge on any atom is -0.446 e. The third-order valence-corrected chi connectivity index (χ3v) is 6.04. The van der Waals surface area contributed by atoms with E-state index in [4.69, 9.17) is 9.52 Å². The van der Waals surface area contributed by atoms with Crippen molar-refractivity contribution in [1.82, 2.24) is 4.72 Å². The Bertz CT molecular complexity index is 631. The number of aliphatic hydroxyl groups is 1. The summed E-state index contributed by atoms with van der Waals surface area (Å²) in [6, 6.07) is 2.23. The Morgan fingerprint density at radius 3 is 2.47 bits per heavy atom. The van der Waals surface area contributed by atoms with Gasteiger partial charge in [0.25, 0.3) is 10.0 Å². The summed E-state index contributed by atoms with van der Waals surface area (Å²) in [5, 5.41) is 8.55. The fourth-order valence-corrected chi connectivity index (χ4v) is 4.62. The Morgan fingerprint density at radius 2 is 1.95 bits per heavy atom. The minimum absolute atomic E-state index is 0.0137. The van der Waals surface area contributed by atoms with Crippen molar-refractivity contribution in [2.45, 2.75) is 30.6 Å². The molecule has 1 aliphatic rings. The highest BCUT2D eigenvalue weighted by molar-refractivity contribution is 7.91. The molecule has 7 nitrogen and oxygen atoms in total. The number of hydrogen-bond donors (Lipinski definition) is 2. The molecule has 2 rings (SSSR count). The van der Waals surface area contributed by atoms with Crippen molar-refractivity contribution in [3.63, 3.8) is 0 Å². The van der Waals surface area contributed by atoms with Gasteiger partial charge in [-0.25, -0.2) is 21.6 Å². The molecule has 108 valence electrons. The van der Waals surface area contributed by atoms with E-state index < -0.39 is 25.9 Å². The van der Waals surface area contributed by atoms with Gasteiger partial charge in [0.05, 0.1) is 11.5 Å². The molecule has 9 heteroatoms. The molecule has 1 fully saturated rings. The topological polar surface area (TPSA) is 114 Å². The Labute approximate surface area is 111 Å². The molecule has 0 amide bonds. The van der Waals surface area contributed by atoms with Crippen LogP contribution in [0, 0.1) is 0 Å². The molecular weight excluding hydrogens is 294 g/mol. The zero-order chi connectivity index (χ0) is 14.1. The summed E-state index contributed by atoms with van der Waals surface area (Å²) < 4.78 is 53.8. The molecule has 1 saturated heterocycles. The van der Waals surface area contributed by atoms with E-state index in [1.165, 1.54) is 12.1 Å². The van der Waals surface area contributed by atoms with E-state index in [2.05, 4.69) is 4.72 Å². The summed E-state index contributed by atoms with van der Waals surface area (Å²) in [5.41, 5.74) is 0. The van der Waals surface area contributed by atoms with Gasteiger partial charge >= 0.3 is 0 Å². The number of aliphatic hydroxyl groups excluding tert-OH is 1. The van der Waals surface area contributed by atoms with Gasteiger partial charge in [-0.2, -0.15) is 0 Å². The monoisotopic (exact) mass is 309 g/mol. The first-order chi connectivity index (χ1) is 8.82. The van der Waals surface area contributed by atoms with E-state index in [0.717, 1.165) is 0 Å². The number of sulfone groups is 1. The van der Waals surface area contributed by atoms with Crippen LogP contribution in [0.3, 0.4) is 0 Å². The van der Waals surface area contributed by atoms with Gasteiger partial charge in [-0.05, 0) is 25.0 Å². The molecule has 0 bridgehead atoms. The second kappa shape index (κ2) is 5.23. The predicted octanol–water partition coefficient (Wildman–Crippen LogP) is -0.373. The molecule has 1 aliphatic heterocycles. The Hall–Kier alpha value is -0.900. The lowest BCUT2D eigenvalue weighted by Gasteiger charge is -2.22. The summed E-state index contributed by atoms with van der Waals surface area (Å²) in [6.07, 6.45) is 0.518. The molecule has 2 N–H and O–H groups in total. The van der Waals surface area contributed by atoms with E-state index in [9.17, 15) is 16.8 Å². The summed E-state index contributed by atoms with van der Waals surface area (Å²) in [4.78, 5) is 0. The third kappa shape index (κ3) is 3.56. The first kappa shape index (κ1) is 14.5. The Balaban J connectivity index is 2.06. The molecule has 0 aliphatic carbocycles. The molecule has 0 atom stereocenters. The van der Waals surface area contributed by atoms with Gasteiger partial charge in [-0.1, -0.05) is 0 Å². The van der Waals surface area contributed by atoms with Crippen LogP contribution in [0.1, 0.15) is 18.6 Å². The van der Waals surface area contributed by atoms with E-state index >= 15 is 0 Å². The van der Waals surface area contributed by atoms with Crippen LogP contribution in [-0.2, 0) is 26.5 Å². The van der Waals surface area contributed by atoms with Crippen molar-refractivity contribution in [1.29, 1.82) is 0 Å². The highest BCUT2D eigenvalue weighted by Crippen LogP contribution is 2.18. The SMILES string of the molecule is O=S1(=O)CCC(NS(=O)(=O)c2ccc(CO)o2)CC1. The molecule has 19 heavy (non-hydrogen) atoms. The Kier molecular flexibility index (Phi) is 4.00. The zero-order valence-corrected chi connectivity index (χ0v) is 11.7. The fraction of sp³-hybridized carbons (Fsp3) is 0.600. The standard InChI is InChI=1S/C10H15NO6S2/c12-7-9-1-2-10(17-9)19(15,16)11-8-3-5-18(13,14)6-4-8/h1-2,8,11-12H,3-7H2. The summed E-state index contributed by atoms with van der Waals surface area (Å²) >= 11 is 0. The fourth-order valence-electron chi connectivity index (χ4n) is 1.87. The van der Waals surface area contributed by atoms with E-state index in [-0.39, 0.29) is 41.8 Å². The highest BCUT2D eigenvalue weighted by atomic mass is 32.2. The van der Waals surface area contributed by atoms with E-state index in [0.29, 0.717) is 0 Å². The average molecular weight is 309 g/mol. The predicted molar refractivity (Wildman–Crippen MR) is 66.6 cm³/mol.